The first-order valence-electron chi connectivity index (χ1n) is 9.55. The molecule has 0 bridgehead atoms. The van der Waals surface area contributed by atoms with Crippen molar-refractivity contribution in [1.29, 1.82) is 0 Å². The molecular weight excluding hydrogens is 342 g/mol. The number of hydrogen-bond acceptors (Lipinski definition) is 5. The lowest BCUT2D eigenvalue weighted by molar-refractivity contribution is -0.116. The minimum absolute atomic E-state index is 0.0752. The Balaban J connectivity index is 1.32. The van der Waals surface area contributed by atoms with Crippen molar-refractivity contribution in [1.82, 2.24) is 10.2 Å². The fourth-order valence-corrected chi connectivity index (χ4v) is 3.57. The zero-order valence-corrected chi connectivity index (χ0v) is 15.2. The number of furan rings is 1. The molecule has 0 aliphatic heterocycles. The lowest BCUT2D eigenvalue weighted by Gasteiger charge is -2.20. The first-order chi connectivity index (χ1) is 13.3. The number of aromatic nitrogens is 2. The highest BCUT2D eigenvalue weighted by molar-refractivity contribution is 5.90. The molecule has 1 saturated carbocycles. The third-order valence-electron chi connectivity index (χ3n) is 5.08. The maximum atomic E-state index is 12.2. The summed E-state index contributed by atoms with van der Waals surface area (Å²) in [7, 11) is 0. The maximum Gasteiger partial charge on any atom is 0.283 e. The van der Waals surface area contributed by atoms with E-state index in [2.05, 4.69) is 15.5 Å². The van der Waals surface area contributed by atoms with E-state index in [0.717, 1.165) is 17.7 Å². The van der Waals surface area contributed by atoms with Gasteiger partial charge < -0.3 is 14.2 Å². The van der Waals surface area contributed by atoms with Crippen LogP contribution in [0.25, 0.3) is 23.1 Å². The van der Waals surface area contributed by atoms with Gasteiger partial charge in [0.15, 0.2) is 5.76 Å². The van der Waals surface area contributed by atoms with E-state index >= 15 is 0 Å². The molecule has 0 unspecified atom stereocenters. The zero-order chi connectivity index (χ0) is 18.5. The van der Waals surface area contributed by atoms with Gasteiger partial charge in [0.05, 0.1) is 6.26 Å². The number of amides is 1. The molecule has 6 heteroatoms. The van der Waals surface area contributed by atoms with Gasteiger partial charge in [-0.2, -0.15) is 0 Å². The zero-order valence-electron chi connectivity index (χ0n) is 15.2. The van der Waals surface area contributed by atoms with Gasteiger partial charge in [-0.05, 0) is 48.7 Å². The van der Waals surface area contributed by atoms with Crippen LogP contribution in [0.1, 0.15) is 44.9 Å². The molecule has 0 radical (unpaired) electrons. The number of carbonyl (C=O) groups is 1. The molecule has 1 N–H and O–H groups in total. The minimum atomic E-state index is 0.0752. The summed E-state index contributed by atoms with van der Waals surface area (Å²) in [6, 6.07) is 11.0. The Kier molecular flexibility index (Phi) is 5.32. The van der Waals surface area contributed by atoms with Crippen molar-refractivity contribution in [2.75, 3.05) is 5.32 Å². The first kappa shape index (κ1) is 17.5. The molecular formula is C21H23N3O3. The Labute approximate surface area is 158 Å². The summed E-state index contributed by atoms with van der Waals surface area (Å²) < 4.78 is 10.9. The van der Waals surface area contributed by atoms with E-state index in [1.54, 1.807) is 18.4 Å². The highest BCUT2D eigenvalue weighted by Crippen LogP contribution is 2.28. The third kappa shape index (κ3) is 4.45. The van der Waals surface area contributed by atoms with Crippen molar-refractivity contribution in [3.63, 3.8) is 0 Å². The molecule has 140 valence electrons. The lowest BCUT2D eigenvalue weighted by atomic mass is 9.86. The van der Waals surface area contributed by atoms with Crippen molar-refractivity contribution in [2.24, 2.45) is 5.92 Å². The highest BCUT2D eigenvalue weighted by atomic mass is 16.4. The molecule has 0 atom stereocenters. The number of hydrogen-bond donors (Lipinski definition) is 1. The lowest BCUT2D eigenvalue weighted by Crippen LogP contribution is -2.14. The van der Waals surface area contributed by atoms with Crippen molar-refractivity contribution >= 4 is 11.6 Å². The van der Waals surface area contributed by atoms with E-state index in [4.69, 9.17) is 8.83 Å². The molecule has 2 aromatic heterocycles. The van der Waals surface area contributed by atoms with Crippen molar-refractivity contribution in [3.05, 3.63) is 42.7 Å². The quantitative estimate of drug-likeness (QED) is 0.641. The van der Waals surface area contributed by atoms with Crippen molar-refractivity contribution < 1.29 is 13.6 Å². The number of benzene rings is 1. The van der Waals surface area contributed by atoms with Gasteiger partial charge in [-0.15, -0.1) is 10.2 Å². The summed E-state index contributed by atoms with van der Waals surface area (Å²) >= 11 is 0. The molecule has 1 aromatic carbocycles. The molecule has 1 fully saturated rings. The standard InChI is InChI=1S/C21H23N3O3/c25-19(13-8-15-5-2-1-3-6-15)22-17-11-9-16(10-12-17)20-23-24-21(27-20)18-7-4-14-26-18/h4,7,9-12,14-15H,1-3,5-6,8,13H2,(H,22,25). The van der Waals surface area contributed by atoms with E-state index in [-0.39, 0.29) is 5.91 Å². The monoisotopic (exact) mass is 365 g/mol. The minimum Gasteiger partial charge on any atom is -0.459 e. The first-order valence-corrected chi connectivity index (χ1v) is 9.55. The van der Waals surface area contributed by atoms with Crippen molar-refractivity contribution in [2.45, 2.75) is 44.9 Å². The van der Waals surface area contributed by atoms with Gasteiger partial charge in [0, 0.05) is 17.7 Å². The topological polar surface area (TPSA) is 81.2 Å². The molecule has 0 saturated heterocycles. The number of anilines is 1. The molecule has 4 rings (SSSR count). The molecule has 27 heavy (non-hydrogen) atoms. The van der Waals surface area contributed by atoms with Crippen molar-refractivity contribution in [3.8, 4) is 23.1 Å². The highest BCUT2D eigenvalue weighted by Gasteiger charge is 2.15. The van der Waals surface area contributed by atoms with Gasteiger partial charge in [-0.25, -0.2) is 0 Å². The van der Waals surface area contributed by atoms with Crippen LogP contribution in [0.15, 0.2) is 51.5 Å². The summed E-state index contributed by atoms with van der Waals surface area (Å²) in [6.45, 7) is 0. The maximum absolute atomic E-state index is 12.2. The van der Waals surface area contributed by atoms with E-state index in [1.165, 1.54) is 32.1 Å². The van der Waals surface area contributed by atoms with Crippen LogP contribution in [0, 0.1) is 5.92 Å². The Morgan fingerprint density at radius 3 is 2.56 bits per heavy atom. The van der Waals surface area contributed by atoms with Gasteiger partial charge in [0.25, 0.3) is 5.89 Å². The molecule has 6 nitrogen and oxygen atoms in total. The Morgan fingerprint density at radius 1 is 1.04 bits per heavy atom. The van der Waals surface area contributed by atoms with Crippen LogP contribution in [-0.2, 0) is 4.79 Å². The fraction of sp³-hybridized carbons (Fsp3) is 0.381. The molecule has 2 heterocycles. The van der Waals surface area contributed by atoms with Crippen LogP contribution in [-0.4, -0.2) is 16.1 Å². The van der Waals surface area contributed by atoms with Crippen LogP contribution in [0.5, 0.6) is 0 Å². The largest absolute Gasteiger partial charge is 0.459 e. The van der Waals surface area contributed by atoms with Crippen LogP contribution < -0.4 is 5.32 Å². The van der Waals surface area contributed by atoms with Gasteiger partial charge in [-0.1, -0.05) is 32.1 Å². The number of nitrogens with zero attached hydrogens (tertiary/aromatic N) is 2. The van der Waals surface area contributed by atoms with Crippen LogP contribution >= 0.6 is 0 Å². The number of rotatable bonds is 6. The summed E-state index contributed by atoms with van der Waals surface area (Å²) in [5, 5.41) is 11.0. The predicted octanol–water partition coefficient (Wildman–Crippen LogP) is 5.30. The summed E-state index contributed by atoms with van der Waals surface area (Å²) in [5.41, 5.74) is 1.57. The third-order valence-corrected chi connectivity index (χ3v) is 5.08. The van der Waals surface area contributed by atoms with Gasteiger partial charge in [-0.3, -0.25) is 4.79 Å². The molecule has 1 aliphatic rings. The summed E-state index contributed by atoms with van der Waals surface area (Å²) in [5.74, 6) is 2.08. The summed E-state index contributed by atoms with van der Waals surface area (Å²) in [6.07, 6.45) is 9.64. The van der Waals surface area contributed by atoms with Gasteiger partial charge in [0.1, 0.15) is 0 Å². The summed E-state index contributed by atoms with van der Waals surface area (Å²) in [4.78, 5) is 12.2. The Hall–Kier alpha value is -2.89. The second kappa shape index (κ2) is 8.20. The van der Waals surface area contributed by atoms with Crippen LogP contribution in [0.4, 0.5) is 5.69 Å². The average molecular weight is 365 g/mol. The van der Waals surface area contributed by atoms with E-state index < -0.39 is 0 Å². The van der Waals surface area contributed by atoms with Crippen LogP contribution in [0.2, 0.25) is 0 Å². The molecule has 0 spiro atoms. The second-order valence-corrected chi connectivity index (χ2v) is 7.06. The number of carbonyl (C=O) groups excluding carboxylic acids is 1. The Bertz CT molecular complexity index is 862. The van der Waals surface area contributed by atoms with E-state index in [1.807, 2.05) is 24.3 Å². The van der Waals surface area contributed by atoms with Gasteiger partial charge >= 0.3 is 0 Å². The molecule has 3 aromatic rings. The SMILES string of the molecule is O=C(CCC1CCCCC1)Nc1ccc(-c2nnc(-c3ccco3)o2)cc1. The second-order valence-electron chi connectivity index (χ2n) is 7.06. The average Bonchev–Trinajstić information content (AvgIpc) is 3.39. The van der Waals surface area contributed by atoms with Gasteiger partial charge in [0.2, 0.25) is 11.8 Å². The normalized spacial score (nSPS) is 15.0. The van der Waals surface area contributed by atoms with E-state index in [9.17, 15) is 4.79 Å². The smallest absolute Gasteiger partial charge is 0.283 e. The Morgan fingerprint density at radius 2 is 1.81 bits per heavy atom. The van der Waals surface area contributed by atoms with Crippen LogP contribution in [0.3, 0.4) is 0 Å². The predicted molar refractivity (Wildman–Crippen MR) is 102 cm³/mol. The van der Waals surface area contributed by atoms with E-state index in [0.29, 0.717) is 29.9 Å². The molecule has 1 aliphatic carbocycles. The fourth-order valence-electron chi connectivity index (χ4n) is 3.57. The molecule has 1 amide bonds. The number of nitrogens with one attached hydrogen (secondary N) is 1.